The van der Waals surface area contributed by atoms with Crippen LogP contribution >= 0.6 is 0 Å². The van der Waals surface area contributed by atoms with E-state index in [4.69, 9.17) is 27.9 Å². The van der Waals surface area contributed by atoms with Crippen LogP contribution in [0.4, 0.5) is 0 Å². The first-order chi connectivity index (χ1) is 19.7. The average Bonchev–Trinajstić information content (AvgIpc) is 3.40. The van der Waals surface area contributed by atoms with Crippen molar-refractivity contribution in [2.45, 2.75) is 121 Å². The smallest absolute Gasteiger partial charge is 0.297 e. The van der Waals surface area contributed by atoms with Crippen molar-refractivity contribution < 1.29 is 36.3 Å². The van der Waals surface area contributed by atoms with E-state index in [1.54, 1.807) is 0 Å². The summed E-state index contributed by atoms with van der Waals surface area (Å²) in [6.45, 7) is 19.5. The van der Waals surface area contributed by atoms with E-state index < -0.39 is 46.6 Å². The Morgan fingerprint density at radius 2 is 1.57 bits per heavy atom. The summed E-state index contributed by atoms with van der Waals surface area (Å²) in [7, 11) is -4.18. The van der Waals surface area contributed by atoms with Crippen LogP contribution < -0.4 is 0 Å². The van der Waals surface area contributed by atoms with Gasteiger partial charge in [-0.15, -0.1) is 0 Å². The molecular weight excluding hydrogens is 556 g/mol. The average molecular weight is 603 g/mol. The van der Waals surface area contributed by atoms with Crippen molar-refractivity contribution in [1.82, 2.24) is 0 Å². The summed E-state index contributed by atoms with van der Waals surface area (Å²) < 4.78 is 64.2. The van der Waals surface area contributed by atoms with Crippen LogP contribution in [0.15, 0.2) is 60.2 Å². The van der Waals surface area contributed by atoms with Gasteiger partial charge in [0.05, 0.1) is 12.9 Å². The van der Waals surface area contributed by atoms with Gasteiger partial charge in [-0.05, 0) is 53.9 Å². The summed E-state index contributed by atoms with van der Waals surface area (Å²) in [6.07, 6.45) is -2.21. The van der Waals surface area contributed by atoms with Crippen molar-refractivity contribution >= 4 is 10.1 Å². The predicted molar refractivity (Wildman–Crippen MR) is 161 cm³/mol. The minimum absolute atomic E-state index is 0.0271. The number of hydrogen-bond acceptors (Lipinski definition) is 8. The van der Waals surface area contributed by atoms with E-state index in [9.17, 15) is 8.42 Å². The lowest BCUT2D eigenvalue weighted by molar-refractivity contribution is -0.232. The molecule has 4 rings (SSSR count). The van der Waals surface area contributed by atoms with Crippen molar-refractivity contribution in [2.75, 3.05) is 6.61 Å². The molecule has 0 radical (unpaired) electrons. The largest absolute Gasteiger partial charge is 0.493 e. The summed E-state index contributed by atoms with van der Waals surface area (Å²) in [5.41, 5.74) is 3.56. The zero-order chi connectivity index (χ0) is 30.8. The van der Waals surface area contributed by atoms with Crippen molar-refractivity contribution in [2.24, 2.45) is 0 Å². The molecule has 0 amide bonds. The summed E-state index contributed by atoms with van der Waals surface area (Å²) in [6, 6.07) is 13.7. The molecule has 42 heavy (non-hydrogen) atoms. The Hall–Kier alpha value is -2.27. The molecule has 232 valence electrons. The molecule has 2 aliphatic rings. The van der Waals surface area contributed by atoms with Gasteiger partial charge < -0.3 is 23.7 Å². The standard InChI is InChI=1S/C33H46O8S/c1-10-36-27(19-38-42(34,35)31-25(21(4)5)16-24(20(2)3)17-26(31)22(6)7)28-29(37-18-23-14-12-11-13-15-23)30-32(39-28)41-33(8,9)40-30/h10-17,20-22,27-30,32H,1,18-19H2,2-9H3/t27-,28-,29+,30-,32-/m1/s1. The molecule has 9 heteroatoms. The number of fused-ring (bicyclic) bond motifs is 1. The van der Waals surface area contributed by atoms with Crippen molar-refractivity contribution in [3.05, 3.63) is 77.6 Å². The van der Waals surface area contributed by atoms with Gasteiger partial charge in [0.25, 0.3) is 10.1 Å². The minimum Gasteiger partial charge on any atom is -0.493 e. The molecule has 0 aliphatic carbocycles. The van der Waals surface area contributed by atoms with Crippen LogP contribution in [-0.2, 0) is 44.6 Å². The number of rotatable bonds is 13. The van der Waals surface area contributed by atoms with Crippen molar-refractivity contribution in [3.63, 3.8) is 0 Å². The van der Waals surface area contributed by atoms with Gasteiger partial charge in [0, 0.05) is 0 Å². The molecule has 2 fully saturated rings. The van der Waals surface area contributed by atoms with Gasteiger partial charge in [-0.3, -0.25) is 4.18 Å². The van der Waals surface area contributed by atoms with E-state index in [1.165, 1.54) is 6.26 Å². The maximum Gasteiger partial charge on any atom is 0.297 e. The third kappa shape index (κ3) is 7.26. The third-order valence-corrected chi connectivity index (χ3v) is 9.08. The molecule has 0 N–H and O–H groups in total. The van der Waals surface area contributed by atoms with E-state index in [2.05, 4.69) is 20.4 Å². The second kappa shape index (κ2) is 13.2. The molecule has 5 atom stereocenters. The van der Waals surface area contributed by atoms with Gasteiger partial charge in [-0.25, -0.2) is 0 Å². The zero-order valence-corrected chi connectivity index (χ0v) is 26.8. The van der Waals surface area contributed by atoms with Crippen LogP contribution in [0.25, 0.3) is 0 Å². The topological polar surface area (TPSA) is 89.5 Å². The SMILES string of the molecule is C=CO[C@H](COS(=O)(=O)c1c(C(C)C)cc(C(C)C)cc1C(C)C)[C@H]1O[C@@H]2OC(C)(C)O[C@@H]2[C@H]1OCc1ccccc1. The molecule has 0 unspecified atom stereocenters. The summed E-state index contributed by atoms with van der Waals surface area (Å²) in [4.78, 5) is 0.226. The Balaban J connectivity index is 1.62. The summed E-state index contributed by atoms with van der Waals surface area (Å²) >= 11 is 0. The summed E-state index contributed by atoms with van der Waals surface area (Å²) in [5.74, 6) is -0.655. The fourth-order valence-corrected chi connectivity index (χ4v) is 7.09. The van der Waals surface area contributed by atoms with Crippen LogP contribution in [0.5, 0.6) is 0 Å². The maximum absolute atomic E-state index is 13.9. The van der Waals surface area contributed by atoms with Gasteiger partial charge in [0.1, 0.15) is 29.8 Å². The molecule has 8 nitrogen and oxygen atoms in total. The molecule has 0 spiro atoms. The van der Waals surface area contributed by atoms with Crippen LogP contribution in [0.3, 0.4) is 0 Å². The molecule has 2 aliphatic heterocycles. The van der Waals surface area contributed by atoms with E-state index >= 15 is 0 Å². The molecule has 2 aromatic rings. The van der Waals surface area contributed by atoms with E-state index in [0.29, 0.717) is 6.61 Å². The Bertz CT molecular complexity index is 1290. The first-order valence-corrected chi connectivity index (χ1v) is 16.1. The maximum atomic E-state index is 13.9. The van der Waals surface area contributed by atoms with Gasteiger partial charge >= 0.3 is 0 Å². The fourth-order valence-electron chi connectivity index (χ4n) is 5.49. The minimum atomic E-state index is -4.18. The predicted octanol–water partition coefficient (Wildman–Crippen LogP) is 6.75. The van der Waals surface area contributed by atoms with Crippen LogP contribution in [0, 0.1) is 0 Å². The second-order valence-corrected chi connectivity index (χ2v) is 14.0. The second-order valence-electron chi connectivity index (χ2n) is 12.4. The highest BCUT2D eigenvalue weighted by molar-refractivity contribution is 7.86. The third-order valence-electron chi connectivity index (χ3n) is 7.67. The van der Waals surface area contributed by atoms with Crippen LogP contribution in [0.2, 0.25) is 0 Å². The lowest BCUT2D eigenvalue weighted by Crippen LogP contribution is -2.45. The van der Waals surface area contributed by atoms with E-state index in [1.807, 2.05) is 84.0 Å². The molecule has 2 heterocycles. The van der Waals surface area contributed by atoms with Crippen molar-refractivity contribution in [1.29, 1.82) is 0 Å². The lowest BCUT2D eigenvalue weighted by Gasteiger charge is -2.30. The summed E-state index contributed by atoms with van der Waals surface area (Å²) in [5, 5.41) is 0. The normalized spacial score (nSPS) is 24.4. The highest BCUT2D eigenvalue weighted by Crippen LogP contribution is 2.41. The van der Waals surface area contributed by atoms with Gasteiger partial charge in [0.15, 0.2) is 18.2 Å². The lowest BCUT2D eigenvalue weighted by atomic mass is 9.89. The van der Waals surface area contributed by atoms with Gasteiger partial charge in [0.2, 0.25) is 0 Å². The quantitative estimate of drug-likeness (QED) is 0.184. The Morgan fingerprint density at radius 3 is 2.12 bits per heavy atom. The first kappa shape index (κ1) is 32.6. The molecule has 0 aromatic heterocycles. The Labute approximate surface area is 251 Å². The van der Waals surface area contributed by atoms with E-state index in [0.717, 1.165) is 22.3 Å². The fraction of sp³-hybridized carbons (Fsp3) is 0.576. The molecule has 0 saturated carbocycles. The number of benzene rings is 2. The van der Waals surface area contributed by atoms with Gasteiger partial charge in [-0.1, -0.05) is 90.6 Å². The van der Waals surface area contributed by atoms with Gasteiger partial charge in [-0.2, -0.15) is 8.42 Å². The Morgan fingerprint density at radius 1 is 0.952 bits per heavy atom. The van der Waals surface area contributed by atoms with Crippen molar-refractivity contribution in [3.8, 4) is 0 Å². The molecule has 2 aromatic carbocycles. The van der Waals surface area contributed by atoms with Crippen LogP contribution in [0.1, 0.15) is 95.4 Å². The number of hydrogen-bond donors (Lipinski definition) is 0. The first-order valence-electron chi connectivity index (χ1n) is 14.7. The zero-order valence-electron chi connectivity index (χ0n) is 26.0. The molecular formula is C33H46O8S. The number of ether oxygens (including phenoxy) is 5. The van der Waals surface area contributed by atoms with Crippen LogP contribution in [-0.4, -0.2) is 51.5 Å². The highest BCUT2D eigenvalue weighted by Gasteiger charge is 2.58. The molecule has 0 bridgehead atoms. The monoisotopic (exact) mass is 602 g/mol. The van der Waals surface area contributed by atoms with E-state index in [-0.39, 0.29) is 29.3 Å². The molecule has 2 saturated heterocycles. The Kier molecular flexibility index (Phi) is 10.2. The highest BCUT2D eigenvalue weighted by atomic mass is 32.2.